The highest BCUT2D eigenvalue weighted by Gasteiger charge is 2.09. The van der Waals surface area contributed by atoms with E-state index in [-0.39, 0.29) is 5.82 Å². The van der Waals surface area contributed by atoms with E-state index < -0.39 is 0 Å². The molecule has 2 rings (SSSR count). The Morgan fingerprint density at radius 1 is 1.50 bits per heavy atom. The van der Waals surface area contributed by atoms with Gasteiger partial charge in [0, 0.05) is 0 Å². The van der Waals surface area contributed by atoms with Gasteiger partial charge < -0.3 is 4.74 Å². The third kappa shape index (κ3) is 0.845. The molecule has 1 aromatic heterocycles. The van der Waals surface area contributed by atoms with Crippen LogP contribution in [0, 0.1) is 5.82 Å². The van der Waals surface area contributed by atoms with Gasteiger partial charge in [-0.1, -0.05) is 6.07 Å². The summed E-state index contributed by atoms with van der Waals surface area (Å²) in [5.74, 6) is -0.0267. The van der Waals surface area contributed by atoms with Crippen molar-refractivity contribution in [3.05, 3.63) is 24.0 Å². The van der Waals surface area contributed by atoms with Crippen LogP contribution >= 0.6 is 0 Å². The number of H-pyrrole nitrogens is 1. The Labute approximate surface area is 68.2 Å². The van der Waals surface area contributed by atoms with Crippen molar-refractivity contribution in [1.82, 2.24) is 10.2 Å². The van der Waals surface area contributed by atoms with E-state index in [1.807, 2.05) is 0 Å². The number of fused-ring (bicyclic) bond motifs is 1. The number of halogens is 1. The highest BCUT2D eigenvalue weighted by Crippen LogP contribution is 2.24. The first-order valence-corrected chi connectivity index (χ1v) is 3.49. The van der Waals surface area contributed by atoms with Crippen LogP contribution in [0.3, 0.4) is 0 Å². The van der Waals surface area contributed by atoms with Crippen molar-refractivity contribution in [2.24, 2.45) is 0 Å². The summed E-state index contributed by atoms with van der Waals surface area (Å²) in [6.45, 7) is 0. The lowest BCUT2D eigenvalue weighted by Gasteiger charge is -1.94. The Hall–Kier alpha value is -1.58. The van der Waals surface area contributed by atoms with E-state index in [1.165, 1.54) is 13.2 Å². The standard InChI is InChI=1S/C8H7FN2O/c1-12-8-7-5(9)3-2-4-6(7)10-11-8/h2-4H,1H3,(H,10,11). The largest absolute Gasteiger partial charge is 0.479 e. The molecule has 0 aliphatic rings. The topological polar surface area (TPSA) is 37.9 Å². The molecule has 12 heavy (non-hydrogen) atoms. The molecule has 0 amide bonds. The molecule has 1 aromatic carbocycles. The van der Waals surface area contributed by atoms with Gasteiger partial charge in [0.1, 0.15) is 5.82 Å². The van der Waals surface area contributed by atoms with Crippen LogP contribution in [-0.2, 0) is 0 Å². The molecule has 0 aliphatic heterocycles. The minimum Gasteiger partial charge on any atom is -0.479 e. The lowest BCUT2D eigenvalue weighted by atomic mass is 10.2. The van der Waals surface area contributed by atoms with E-state index in [9.17, 15) is 4.39 Å². The molecule has 0 atom stereocenters. The number of hydrogen-bond donors (Lipinski definition) is 1. The van der Waals surface area contributed by atoms with Crippen molar-refractivity contribution in [2.45, 2.75) is 0 Å². The summed E-state index contributed by atoms with van der Waals surface area (Å²) in [7, 11) is 1.46. The summed E-state index contributed by atoms with van der Waals surface area (Å²) >= 11 is 0. The van der Waals surface area contributed by atoms with Crippen LogP contribution in [0.1, 0.15) is 0 Å². The van der Waals surface area contributed by atoms with Gasteiger partial charge >= 0.3 is 0 Å². The van der Waals surface area contributed by atoms with Gasteiger partial charge in [0.05, 0.1) is 18.0 Å². The molecule has 1 N–H and O–H groups in total. The molecule has 0 bridgehead atoms. The van der Waals surface area contributed by atoms with E-state index in [1.54, 1.807) is 12.1 Å². The van der Waals surface area contributed by atoms with Crippen LogP contribution in [0.15, 0.2) is 18.2 Å². The number of aromatic amines is 1. The fourth-order valence-electron chi connectivity index (χ4n) is 1.15. The van der Waals surface area contributed by atoms with Gasteiger partial charge in [-0.05, 0) is 12.1 Å². The Kier molecular flexibility index (Phi) is 1.46. The minimum atomic E-state index is -0.321. The van der Waals surface area contributed by atoms with Crippen molar-refractivity contribution in [3.63, 3.8) is 0 Å². The summed E-state index contributed by atoms with van der Waals surface area (Å²) < 4.78 is 18.0. The van der Waals surface area contributed by atoms with E-state index in [2.05, 4.69) is 10.2 Å². The summed E-state index contributed by atoms with van der Waals surface area (Å²) in [6.07, 6.45) is 0. The molecular formula is C8H7FN2O. The van der Waals surface area contributed by atoms with Gasteiger partial charge in [0.15, 0.2) is 0 Å². The highest BCUT2D eigenvalue weighted by molar-refractivity contribution is 5.84. The quantitative estimate of drug-likeness (QED) is 0.700. The second-order valence-electron chi connectivity index (χ2n) is 2.40. The molecule has 0 spiro atoms. The number of rotatable bonds is 1. The summed E-state index contributed by atoms with van der Waals surface area (Å²) in [5, 5.41) is 6.86. The molecule has 4 heteroatoms. The summed E-state index contributed by atoms with van der Waals surface area (Å²) in [5.41, 5.74) is 0.645. The van der Waals surface area contributed by atoms with E-state index in [4.69, 9.17) is 4.74 Å². The van der Waals surface area contributed by atoms with Gasteiger partial charge in [-0.15, -0.1) is 5.10 Å². The van der Waals surface area contributed by atoms with Gasteiger partial charge in [-0.3, -0.25) is 5.10 Å². The molecule has 0 fully saturated rings. The van der Waals surface area contributed by atoms with Crippen molar-refractivity contribution < 1.29 is 9.13 Å². The van der Waals surface area contributed by atoms with Crippen LogP contribution in [-0.4, -0.2) is 17.3 Å². The smallest absolute Gasteiger partial charge is 0.243 e. The third-order valence-corrected chi connectivity index (χ3v) is 1.70. The monoisotopic (exact) mass is 166 g/mol. The van der Waals surface area contributed by atoms with E-state index in [0.29, 0.717) is 16.8 Å². The lowest BCUT2D eigenvalue weighted by molar-refractivity contribution is 0.400. The van der Waals surface area contributed by atoms with E-state index >= 15 is 0 Å². The predicted molar refractivity (Wildman–Crippen MR) is 42.6 cm³/mol. The maximum Gasteiger partial charge on any atom is 0.243 e. The zero-order valence-corrected chi connectivity index (χ0v) is 6.47. The second kappa shape index (κ2) is 2.48. The molecule has 62 valence electrons. The van der Waals surface area contributed by atoms with Crippen molar-refractivity contribution in [1.29, 1.82) is 0 Å². The molecule has 2 aromatic rings. The SMILES string of the molecule is COc1n[nH]c2cccc(F)c12. The third-order valence-electron chi connectivity index (χ3n) is 1.70. The molecule has 0 unspecified atom stereocenters. The second-order valence-corrected chi connectivity index (χ2v) is 2.40. The van der Waals surface area contributed by atoms with Crippen molar-refractivity contribution >= 4 is 10.9 Å². The van der Waals surface area contributed by atoms with Crippen LogP contribution in [0.5, 0.6) is 5.88 Å². The number of nitrogens with zero attached hydrogens (tertiary/aromatic N) is 1. The summed E-state index contributed by atoms with van der Waals surface area (Å²) in [4.78, 5) is 0. The Morgan fingerprint density at radius 2 is 2.33 bits per heavy atom. The Bertz CT molecular complexity index is 410. The van der Waals surface area contributed by atoms with Gasteiger partial charge in [-0.25, -0.2) is 4.39 Å². The molecule has 0 aliphatic carbocycles. The maximum atomic E-state index is 13.1. The van der Waals surface area contributed by atoms with Crippen molar-refractivity contribution in [2.75, 3.05) is 7.11 Å². The van der Waals surface area contributed by atoms with Crippen LogP contribution in [0.25, 0.3) is 10.9 Å². The average molecular weight is 166 g/mol. The normalized spacial score (nSPS) is 10.5. The first-order chi connectivity index (χ1) is 5.83. The number of hydrogen-bond acceptors (Lipinski definition) is 2. The van der Waals surface area contributed by atoms with Gasteiger partial charge in [0.25, 0.3) is 0 Å². The molecule has 0 radical (unpaired) electrons. The average Bonchev–Trinajstić information content (AvgIpc) is 2.49. The number of aromatic nitrogens is 2. The van der Waals surface area contributed by atoms with Gasteiger partial charge in [0.2, 0.25) is 5.88 Å². The first kappa shape index (κ1) is 7.09. The number of nitrogens with one attached hydrogen (secondary N) is 1. The first-order valence-electron chi connectivity index (χ1n) is 3.49. The van der Waals surface area contributed by atoms with E-state index in [0.717, 1.165) is 0 Å². The van der Waals surface area contributed by atoms with Gasteiger partial charge in [-0.2, -0.15) is 0 Å². The van der Waals surface area contributed by atoms with Crippen LogP contribution in [0.4, 0.5) is 4.39 Å². The zero-order chi connectivity index (χ0) is 8.55. The number of benzene rings is 1. The van der Waals surface area contributed by atoms with Crippen LogP contribution < -0.4 is 4.74 Å². The predicted octanol–water partition coefficient (Wildman–Crippen LogP) is 1.71. The number of methoxy groups -OCH3 is 1. The highest BCUT2D eigenvalue weighted by atomic mass is 19.1. The Balaban J connectivity index is 2.83. The summed E-state index contributed by atoms with van der Waals surface area (Å²) in [6, 6.07) is 4.74. The zero-order valence-electron chi connectivity index (χ0n) is 6.47. The molecule has 1 heterocycles. The minimum absolute atomic E-state index is 0.295. The van der Waals surface area contributed by atoms with Crippen LogP contribution in [0.2, 0.25) is 0 Å². The maximum absolute atomic E-state index is 13.1. The number of ether oxygens (including phenoxy) is 1. The molecule has 0 saturated carbocycles. The fourth-order valence-corrected chi connectivity index (χ4v) is 1.15. The molecular weight excluding hydrogens is 159 g/mol. The fraction of sp³-hybridized carbons (Fsp3) is 0.125. The van der Waals surface area contributed by atoms with Crippen molar-refractivity contribution in [3.8, 4) is 5.88 Å². The lowest BCUT2D eigenvalue weighted by Crippen LogP contribution is -1.83. The Morgan fingerprint density at radius 3 is 3.08 bits per heavy atom. The molecule has 3 nitrogen and oxygen atoms in total. The molecule has 0 saturated heterocycles.